The van der Waals surface area contributed by atoms with Crippen molar-refractivity contribution in [2.24, 2.45) is 0 Å². The number of rotatable bonds is 5. The number of fused-ring (bicyclic) bond motifs is 2. The zero-order valence-electron chi connectivity index (χ0n) is 17.7. The maximum atomic E-state index is 13.4. The predicted molar refractivity (Wildman–Crippen MR) is 117 cm³/mol. The molecule has 1 spiro atoms. The first kappa shape index (κ1) is 20.8. The summed E-state index contributed by atoms with van der Waals surface area (Å²) >= 11 is 0. The second kappa shape index (κ2) is 8.37. The Morgan fingerprint density at radius 1 is 1.26 bits per heavy atom. The van der Waals surface area contributed by atoms with Crippen molar-refractivity contribution in [2.75, 3.05) is 17.2 Å². The summed E-state index contributed by atoms with van der Waals surface area (Å²) in [5.41, 5.74) is 0.542. The van der Waals surface area contributed by atoms with E-state index in [1.807, 2.05) is 13.8 Å². The van der Waals surface area contributed by atoms with E-state index in [4.69, 9.17) is 0 Å². The molecule has 10 heteroatoms. The molecule has 0 aromatic carbocycles. The summed E-state index contributed by atoms with van der Waals surface area (Å²) < 4.78 is 1.63. The Labute approximate surface area is 179 Å². The molecule has 31 heavy (non-hydrogen) atoms. The van der Waals surface area contributed by atoms with Gasteiger partial charge in [-0.25, -0.2) is 9.78 Å². The first-order valence-electron chi connectivity index (χ1n) is 10.7. The van der Waals surface area contributed by atoms with E-state index < -0.39 is 11.7 Å². The number of carbonyl (C=O) groups excluding carboxylic acids is 2. The number of urea groups is 1. The van der Waals surface area contributed by atoms with Gasteiger partial charge in [-0.1, -0.05) is 13.3 Å². The van der Waals surface area contributed by atoms with Gasteiger partial charge in [0.25, 0.3) is 11.5 Å². The molecule has 0 unspecified atom stereocenters. The second-order valence-corrected chi connectivity index (χ2v) is 8.05. The van der Waals surface area contributed by atoms with Crippen LogP contribution in [0.15, 0.2) is 23.1 Å². The van der Waals surface area contributed by atoms with Crippen molar-refractivity contribution in [3.05, 3.63) is 39.9 Å². The average Bonchev–Trinajstić information content (AvgIpc) is 3.03. The van der Waals surface area contributed by atoms with E-state index in [0.29, 0.717) is 29.3 Å². The van der Waals surface area contributed by atoms with Gasteiger partial charge < -0.3 is 16.0 Å². The average molecular weight is 425 g/mol. The molecule has 4 N–H and O–H groups in total. The monoisotopic (exact) mass is 425 g/mol. The minimum Gasteiger partial charge on any atom is -0.338 e. The van der Waals surface area contributed by atoms with Crippen LogP contribution in [0.3, 0.4) is 0 Å². The molecule has 1 saturated carbocycles. The van der Waals surface area contributed by atoms with Crippen LogP contribution in [0.5, 0.6) is 0 Å². The predicted octanol–water partition coefficient (Wildman–Crippen LogP) is 2.58. The molecule has 3 heterocycles. The van der Waals surface area contributed by atoms with Crippen molar-refractivity contribution in [1.29, 1.82) is 0 Å². The van der Waals surface area contributed by atoms with Crippen LogP contribution in [-0.2, 0) is 5.66 Å². The van der Waals surface area contributed by atoms with Crippen LogP contribution in [0.25, 0.3) is 0 Å². The smallest absolute Gasteiger partial charge is 0.321 e. The van der Waals surface area contributed by atoms with Crippen LogP contribution in [0, 0.1) is 6.92 Å². The highest BCUT2D eigenvalue weighted by Crippen LogP contribution is 2.37. The molecule has 0 bridgehead atoms. The molecule has 10 nitrogen and oxygen atoms in total. The molecule has 2 aliphatic rings. The Balaban J connectivity index is 1.64. The number of carbonyl (C=O) groups is 2. The highest BCUT2D eigenvalue weighted by molar-refractivity contribution is 5.97. The van der Waals surface area contributed by atoms with Gasteiger partial charge in [-0.15, -0.1) is 0 Å². The highest BCUT2D eigenvalue weighted by atomic mass is 16.2. The Morgan fingerprint density at radius 2 is 2.03 bits per heavy atom. The van der Waals surface area contributed by atoms with Crippen molar-refractivity contribution in [1.82, 2.24) is 25.2 Å². The van der Waals surface area contributed by atoms with E-state index in [9.17, 15) is 14.4 Å². The molecule has 1 aliphatic carbocycles. The molecule has 2 aromatic rings. The summed E-state index contributed by atoms with van der Waals surface area (Å²) in [7, 11) is 0. The minimum absolute atomic E-state index is 0.122. The fourth-order valence-corrected chi connectivity index (χ4v) is 4.35. The van der Waals surface area contributed by atoms with E-state index in [-0.39, 0.29) is 17.4 Å². The quantitative estimate of drug-likeness (QED) is 0.583. The van der Waals surface area contributed by atoms with Crippen LogP contribution in [0.2, 0.25) is 0 Å². The third kappa shape index (κ3) is 3.97. The van der Waals surface area contributed by atoms with Crippen molar-refractivity contribution in [3.63, 3.8) is 0 Å². The highest BCUT2D eigenvalue weighted by Gasteiger charge is 2.45. The van der Waals surface area contributed by atoms with Gasteiger partial charge in [0.05, 0.1) is 0 Å². The third-order valence-corrected chi connectivity index (χ3v) is 5.74. The Kier molecular flexibility index (Phi) is 5.62. The molecule has 3 amide bonds. The lowest BCUT2D eigenvalue weighted by molar-refractivity contribution is 0.0876. The number of aryl methyl sites for hydroxylation is 1. The fraction of sp³-hybridized carbons (Fsp3) is 0.476. The summed E-state index contributed by atoms with van der Waals surface area (Å²) in [5.74, 6) is 0.291. The lowest BCUT2D eigenvalue weighted by Crippen LogP contribution is -2.48. The molecule has 2 aromatic heterocycles. The Bertz CT molecular complexity index is 1070. The van der Waals surface area contributed by atoms with Crippen molar-refractivity contribution in [2.45, 2.75) is 58.0 Å². The van der Waals surface area contributed by atoms with Crippen molar-refractivity contribution < 1.29 is 9.59 Å². The summed E-state index contributed by atoms with van der Waals surface area (Å²) in [6, 6.07) is 2.89. The summed E-state index contributed by atoms with van der Waals surface area (Å²) in [4.78, 5) is 46.2. The van der Waals surface area contributed by atoms with E-state index in [1.165, 1.54) is 6.20 Å². The number of pyridine rings is 1. The molecule has 164 valence electrons. The lowest BCUT2D eigenvalue weighted by Gasteiger charge is -2.35. The molecule has 0 saturated heterocycles. The van der Waals surface area contributed by atoms with Gasteiger partial charge in [-0.05, 0) is 56.7 Å². The number of hydrogen-bond donors (Lipinski definition) is 4. The van der Waals surface area contributed by atoms with Crippen LogP contribution >= 0.6 is 0 Å². The minimum atomic E-state index is -0.653. The van der Waals surface area contributed by atoms with Crippen LogP contribution < -0.4 is 26.8 Å². The van der Waals surface area contributed by atoms with Gasteiger partial charge in [-0.2, -0.15) is 4.98 Å². The number of anilines is 3. The van der Waals surface area contributed by atoms with E-state index >= 15 is 0 Å². The topological polar surface area (TPSA) is 130 Å². The largest absolute Gasteiger partial charge is 0.338 e. The fourth-order valence-electron chi connectivity index (χ4n) is 4.35. The SMILES string of the molecule is CCCNC(=O)Nc1nccc(Nc2cc(C)c3n(c2=O)C2(CCCCC2)NC3=O)n1. The molecule has 1 aliphatic heterocycles. The van der Waals surface area contributed by atoms with Gasteiger partial charge in [0.1, 0.15) is 22.9 Å². The normalized spacial score (nSPS) is 16.5. The number of hydrogen-bond acceptors (Lipinski definition) is 6. The summed E-state index contributed by atoms with van der Waals surface area (Å²) in [6.45, 7) is 4.32. The number of nitrogens with zero attached hydrogens (tertiary/aromatic N) is 3. The van der Waals surface area contributed by atoms with Crippen LogP contribution in [0.4, 0.5) is 22.2 Å². The summed E-state index contributed by atoms with van der Waals surface area (Å²) in [5, 5.41) is 11.4. The lowest BCUT2D eigenvalue weighted by atomic mass is 9.89. The summed E-state index contributed by atoms with van der Waals surface area (Å²) in [6.07, 6.45) is 6.81. The zero-order chi connectivity index (χ0) is 22.0. The third-order valence-electron chi connectivity index (χ3n) is 5.74. The second-order valence-electron chi connectivity index (χ2n) is 8.05. The Hall–Kier alpha value is -3.43. The van der Waals surface area contributed by atoms with Gasteiger partial charge in [-0.3, -0.25) is 19.5 Å². The zero-order valence-corrected chi connectivity index (χ0v) is 17.7. The first-order chi connectivity index (χ1) is 14.9. The van der Waals surface area contributed by atoms with Gasteiger partial charge in [0.2, 0.25) is 5.95 Å². The van der Waals surface area contributed by atoms with Gasteiger partial charge in [0, 0.05) is 12.7 Å². The number of amides is 3. The molecule has 0 atom stereocenters. The van der Waals surface area contributed by atoms with Crippen molar-refractivity contribution in [3.8, 4) is 0 Å². The number of nitrogens with one attached hydrogen (secondary N) is 4. The molecular formula is C21H27N7O3. The molecule has 1 fully saturated rings. The standard InChI is InChI=1S/C21H27N7O3/c1-3-10-23-20(31)26-19-22-11-7-15(25-19)24-14-12-13(2)16-17(29)27-21(28(16)18(14)30)8-5-4-6-9-21/h7,11-12H,3-6,8-10H2,1-2H3,(H,27,29)(H3,22,23,24,25,26,31). The maximum absolute atomic E-state index is 13.4. The van der Waals surface area contributed by atoms with E-state index in [1.54, 1.807) is 16.7 Å². The van der Waals surface area contributed by atoms with Gasteiger partial charge in [0.15, 0.2) is 0 Å². The van der Waals surface area contributed by atoms with E-state index in [0.717, 1.165) is 38.5 Å². The number of aromatic nitrogens is 3. The van der Waals surface area contributed by atoms with Crippen molar-refractivity contribution >= 4 is 29.4 Å². The maximum Gasteiger partial charge on any atom is 0.321 e. The van der Waals surface area contributed by atoms with E-state index in [2.05, 4.69) is 31.2 Å². The van der Waals surface area contributed by atoms with Crippen LogP contribution in [-0.4, -0.2) is 33.0 Å². The van der Waals surface area contributed by atoms with Crippen LogP contribution in [0.1, 0.15) is 61.5 Å². The molecule has 4 rings (SSSR count). The molecule has 0 radical (unpaired) electrons. The van der Waals surface area contributed by atoms with Gasteiger partial charge >= 0.3 is 6.03 Å². The first-order valence-corrected chi connectivity index (χ1v) is 10.7. The Morgan fingerprint density at radius 3 is 2.77 bits per heavy atom. The molecular weight excluding hydrogens is 398 g/mol.